The van der Waals surface area contributed by atoms with Crippen LogP contribution in [0.5, 0.6) is 0 Å². The van der Waals surface area contributed by atoms with E-state index in [0.29, 0.717) is 6.42 Å². The zero-order valence-electron chi connectivity index (χ0n) is 24.7. The number of aromatic nitrogens is 2. The number of carboxylic acid groups (broad SMARTS) is 1. The SMILES string of the molecule is Cc1[nH]c2ccccc2c1CC(=O)Nc1ccc(Nc2cccnc2)c(-c2ccc(C(C)(C)C)cc2)c1.O=C(O)C(F)(F)F. The average molecular weight is 603 g/mol. The predicted octanol–water partition coefficient (Wildman–Crippen LogP) is 8.39. The number of aliphatic carboxylic acids is 1. The van der Waals surface area contributed by atoms with Gasteiger partial charge in [-0.15, -0.1) is 0 Å². The maximum absolute atomic E-state index is 13.1. The van der Waals surface area contributed by atoms with Gasteiger partial charge in [-0.2, -0.15) is 13.2 Å². The van der Waals surface area contributed by atoms with Crippen molar-refractivity contribution in [1.29, 1.82) is 0 Å². The fourth-order valence-corrected chi connectivity index (χ4v) is 4.64. The van der Waals surface area contributed by atoms with Crippen LogP contribution in [0.4, 0.5) is 30.2 Å². The summed E-state index contributed by atoms with van der Waals surface area (Å²) < 4.78 is 31.7. The molecule has 0 bridgehead atoms. The molecule has 7 nitrogen and oxygen atoms in total. The third-order valence-corrected chi connectivity index (χ3v) is 6.91. The molecule has 5 rings (SSSR count). The number of carboxylic acids is 1. The summed E-state index contributed by atoms with van der Waals surface area (Å²) in [6.45, 7) is 8.65. The Bertz CT molecular complexity index is 1760. The highest BCUT2D eigenvalue weighted by molar-refractivity contribution is 5.97. The van der Waals surface area contributed by atoms with Crippen LogP contribution >= 0.6 is 0 Å². The molecular weight excluding hydrogens is 569 g/mol. The molecule has 0 saturated carbocycles. The van der Waals surface area contributed by atoms with Crippen molar-refractivity contribution in [2.45, 2.75) is 45.7 Å². The summed E-state index contributed by atoms with van der Waals surface area (Å²) in [5.41, 5.74) is 9.14. The summed E-state index contributed by atoms with van der Waals surface area (Å²) in [6, 6.07) is 26.6. The monoisotopic (exact) mass is 602 g/mol. The average Bonchev–Trinajstić information content (AvgIpc) is 3.28. The Morgan fingerprint density at radius 3 is 2.20 bits per heavy atom. The topological polar surface area (TPSA) is 107 Å². The van der Waals surface area contributed by atoms with Crippen molar-refractivity contribution >= 4 is 39.8 Å². The second-order valence-corrected chi connectivity index (χ2v) is 11.3. The second-order valence-electron chi connectivity index (χ2n) is 11.3. The first-order chi connectivity index (χ1) is 20.7. The molecule has 0 spiro atoms. The molecule has 1 amide bonds. The number of hydrogen-bond acceptors (Lipinski definition) is 4. The number of benzene rings is 3. The van der Waals surface area contributed by atoms with Gasteiger partial charge in [-0.1, -0.05) is 63.2 Å². The van der Waals surface area contributed by atoms with E-state index in [0.717, 1.165) is 50.3 Å². The number of anilines is 3. The summed E-state index contributed by atoms with van der Waals surface area (Å²) >= 11 is 0. The minimum Gasteiger partial charge on any atom is -0.475 e. The highest BCUT2D eigenvalue weighted by Gasteiger charge is 2.38. The number of amides is 1. The van der Waals surface area contributed by atoms with E-state index in [4.69, 9.17) is 9.90 Å². The number of fused-ring (bicyclic) bond motifs is 1. The van der Waals surface area contributed by atoms with E-state index in [2.05, 4.69) is 71.7 Å². The third kappa shape index (κ3) is 8.03. The van der Waals surface area contributed by atoms with Crippen molar-refractivity contribution < 1.29 is 27.9 Å². The normalized spacial score (nSPS) is 11.4. The Morgan fingerprint density at radius 2 is 1.59 bits per heavy atom. The number of carbonyl (C=O) groups excluding carboxylic acids is 1. The number of alkyl halides is 3. The van der Waals surface area contributed by atoms with E-state index in [1.165, 1.54) is 5.56 Å². The number of carbonyl (C=O) groups is 2. The fraction of sp³-hybridized carbons (Fsp3) is 0.206. The van der Waals surface area contributed by atoms with Gasteiger partial charge in [0.2, 0.25) is 5.91 Å². The first kappa shape index (κ1) is 31.8. The zero-order chi connectivity index (χ0) is 32.1. The number of rotatable bonds is 6. The Hall–Kier alpha value is -5.12. The summed E-state index contributed by atoms with van der Waals surface area (Å²) in [6.07, 6.45) is -1.22. The van der Waals surface area contributed by atoms with Crippen molar-refractivity contribution in [3.8, 4) is 11.1 Å². The lowest BCUT2D eigenvalue weighted by atomic mass is 9.86. The highest BCUT2D eigenvalue weighted by Crippen LogP contribution is 2.34. The van der Waals surface area contributed by atoms with E-state index in [1.54, 1.807) is 12.4 Å². The highest BCUT2D eigenvalue weighted by atomic mass is 19.4. The molecule has 0 atom stereocenters. The van der Waals surface area contributed by atoms with E-state index in [9.17, 15) is 18.0 Å². The standard InChI is InChI=1S/C32H32N4O.C2HF3O2/c1-21-27(26-9-5-6-10-29(26)34-21)19-31(37)36-24-15-16-30(35-25-8-7-17-33-20-25)28(18-24)22-11-13-23(14-12-22)32(2,3)4;3-2(4,5)1(6)7/h5-18,20,34-35H,19H2,1-4H3,(H,36,37);(H,6,7). The quantitative estimate of drug-likeness (QED) is 0.156. The van der Waals surface area contributed by atoms with Gasteiger partial charge in [0.15, 0.2) is 0 Å². The molecular formula is C34H33F3N4O3. The number of aryl methyl sites for hydroxylation is 1. The molecule has 0 aliphatic carbocycles. The molecule has 44 heavy (non-hydrogen) atoms. The van der Waals surface area contributed by atoms with E-state index >= 15 is 0 Å². The van der Waals surface area contributed by atoms with Gasteiger partial charge in [-0.3, -0.25) is 9.78 Å². The number of halogens is 3. The number of pyridine rings is 1. The van der Waals surface area contributed by atoms with Gasteiger partial charge in [0.05, 0.1) is 18.3 Å². The number of aromatic amines is 1. The summed E-state index contributed by atoms with van der Waals surface area (Å²) in [5, 5.41) is 14.8. The van der Waals surface area contributed by atoms with Gasteiger partial charge < -0.3 is 20.7 Å². The van der Waals surface area contributed by atoms with Gasteiger partial charge in [0, 0.05) is 39.7 Å². The molecule has 0 fully saturated rings. The van der Waals surface area contributed by atoms with Gasteiger partial charge in [0.25, 0.3) is 0 Å². The number of H-pyrrole nitrogens is 1. The Balaban J connectivity index is 0.000000566. The van der Waals surface area contributed by atoms with E-state index in [-0.39, 0.29) is 11.3 Å². The number of para-hydroxylation sites is 1. The lowest BCUT2D eigenvalue weighted by Gasteiger charge is -2.20. The molecule has 0 saturated heterocycles. The number of hydrogen-bond donors (Lipinski definition) is 4. The fourth-order valence-electron chi connectivity index (χ4n) is 4.64. The van der Waals surface area contributed by atoms with Crippen LogP contribution in [0.15, 0.2) is 91.3 Å². The summed E-state index contributed by atoms with van der Waals surface area (Å²) in [7, 11) is 0. The molecule has 2 heterocycles. The van der Waals surface area contributed by atoms with Crippen molar-refractivity contribution in [2.24, 2.45) is 0 Å². The van der Waals surface area contributed by atoms with Gasteiger partial charge >= 0.3 is 12.1 Å². The Morgan fingerprint density at radius 1 is 0.909 bits per heavy atom. The molecule has 10 heteroatoms. The Kier molecular flexibility index (Phi) is 9.42. The lowest BCUT2D eigenvalue weighted by molar-refractivity contribution is -0.192. The molecule has 2 aromatic heterocycles. The van der Waals surface area contributed by atoms with Crippen LogP contribution in [-0.2, 0) is 21.4 Å². The maximum Gasteiger partial charge on any atom is 0.490 e. The lowest BCUT2D eigenvalue weighted by Crippen LogP contribution is -2.21. The predicted molar refractivity (Wildman–Crippen MR) is 167 cm³/mol. The van der Waals surface area contributed by atoms with Crippen LogP contribution in [0.2, 0.25) is 0 Å². The van der Waals surface area contributed by atoms with Crippen molar-refractivity contribution in [1.82, 2.24) is 9.97 Å². The van der Waals surface area contributed by atoms with Crippen molar-refractivity contribution in [2.75, 3.05) is 10.6 Å². The minimum atomic E-state index is -5.08. The van der Waals surface area contributed by atoms with Crippen LogP contribution in [0.3, 0.4) is 0 Å². The molecule has 228 valence electrons. The first-order valence-electron chi connectivity index (χ1n) is 13.8. The van der Waals surface area contributed by atoms with Crippen LogP contribution < -0.4 is 10.6 Å². The van der Waals surface area contributed by atoms with Crippen LogP contribution in [0.25, 0.3) is 22.0 Å². The van der Waals surface area contributed by atoms with Crippen molar-refractivity contribution in [3.05, 3.63) is 108 Å². The molecule has 0 unspecified atom stereocenters. The van der Waals surface area contributed by atoms with Crippen LogP contribution in [0.1, 0.15) is 37.6 Å². The number of nitrogens with zero attached hydrogens (tertiary/aromatic N) is 1. The van der Waals surface area contributed by atoms with Gasteiger partial charge in [-0.05, 0) is 65.4 Å². The van der Waals surface area contributed by atoms with Gasteiger partial charge in [-0.25, -0.2) is 4.79 Å². The van der Waals surface area contributed by atoms with E-state index < -0.39 is 12.1 Å². The molecule has 3 aromatic carbocycles. The smallest absolute Gasteiger partial charge is 0.475 e. The zero-order valence-corrected chi connectivity index (χ0v) is 24.7. The Labute approximate surface area is 253 Å². The number of nitrogens with one attached hydrogen (secondary N) is 3. The molecule has 0 aliphatic heterocycles. The molecule has 0 aliphatic rings. The van der Waals surface area contributed by atoms with Crippen LogP contribution in [-0.4, -0.2) is 33.1 Å². The third-order valence-electron chi connectivity index (χ3n) is 6.91. The second kappa shape index (κ2) is 13.0. The summed E-state index contributed by atoms with van der Waals surface area (Å²) in [4.78, 5) is 29.6. The molecule has 5 aromatic rings. The molecule has 0 radical (unpaired) electrons. The van der Waals surface area contributed by atoms with Crippen molar-refractivity contribution in [3.63, 3.8) is 0 Å². The maximum atomic E-state index is 13.1. The minimum absolute atomic E-state index is 0.0464. The first-order valence-corrected chi connectivity index (χ1v) is 13.8. The van der Waals surface area contributed by atoms with Gasteiger partial charge in [0.1, 0.15) is 0 Å². The van der Waals surface area contributed by atoms with Crippen LogP contribution in [0, 0.1) is 6.92 Å². The summed E-state index contributed by atoms with van der Waals surface area (Å²) in [5.74, 6) is -2.80. The largest absolute Gasteiger partial charge is 0.490 e. The molecule has 4 N–H and O–H groups in total. The van der Waals surface area contributed by atoms with E-state index in [1.807, 2.05) is 55.5 Å².